The predicted octanol–water partition coefficient (Wildman–Crippen LogP) is 38.0. The summed E-state index contributed by atoms with van der Waals surface area (Å²) in [6, 6.07) is 0. The maximum absolute atomic E-state index is 12.1. The van der Waals surface area contributed by atoms with E-state index in [1.807, 2.05) is 0 Å². The van der Waals surface area contributed by atoms with Gasteiger partial charge in [-0.25, -0.2) is 0 Å². The van der Waals surface area contributed by atoms with Crippen LogP contribution in [0, 0.1) is 41.4 Å². The Kier molecular flexibility index (Phi) is 128. The van der Waals surface area contributed by atoms with Crippen molar-refractivity contribution < 1.29 is 79.3 Å². The molecule has 0 saturated heterocycles. The van der Waals surface area contributed by atoms with Crippen LogP contribution in [0.5, 0.6) is 0 Å². The highest BCUT2D eigenvalue weighted by atomic mass is 32.2. The topological polar surface area (TPSA) is 227 Å². The second kappa shape index (κ2) is 122. The minimum absolute atomic E-state index is 0.00468. The van der Waals surface area contributed by atoms with Crippen molar-refractivity contribution in [2.24, 2.45) is 41.4 Å². The van der Waals surface area contributed by atoms with Crippen molar-refractivity contribution in [3.05, 3.63) is 0 Å². The number of hydrogen-bond acceptors (Lipinski definition) is 17. The van der Waals surface area contributed by atoms with Gasteiger partial charge in [-0.3, -0.25) is 37.7 Å². The fourth-order valence-electron chi connectivity index (χ4n) is 18.2. The molecule has 0 aliphatic rings. The third-order valence-electron chi connectivity index (χ3n) is 28.6. The molecule has 0 heterocycles. The molecule has 0 bridgehead atoms. The molecule has 0 aliphatic heterocycles. The number of ether oxygens (including phenoxy) is 7. The molecule has 7 atom stereocenters. The summed E-state index contributed by atoms with van der Waals surface area (Å²) in [5, 5.41) is 0. The molecule has 0 fully saturated rings. The average molecular weight is 2010 g/mol. The molecule has 0 saturated carbocycles. The summed E-state index contributed by atoms with van der Waals surface area (Å²) in [6.45, 7) is 29.4. The second-order valence-electron chi connectivity index (χ2n) is 41.6. The third-order valence-corrected chi connectivity index (χ3v) is 29.9. The molecule has 17 nitrogen and oxygen atoms in total. The van der Waals surface area contributed by atoms with Crippen molar-refractivity contribution >= 4 is 51.9 Å². The van der Waals surface area contributed by atoms with Crippen LogP contribution in [-0.2, 0) is 81.0 Å². The molecule has 0 rings (SSSR count). The lowest BCUT2D eigenvalue weighted by Crippen LogP contribution is -2.23. The standard InChI is InChI=1S/C38H74O4.C21H40O4.C20H40O2.C17H34O2.C13H28O3S.C13H26O2/c1-5-7-9-11-13-17-23-29-35(31-25-19-15-21-27-33-37(39)41-3)36(30-24-18-14-12-10-8-6-2)32-26-20-16-22-28-34-38(40)42-4;1-6-10-12-18(8-3)15-24-20(22)14-17(5)21(23)25-16-19(9-4)13-11-7-2;1-4-19(2)17-15-13-11-9-7-5-6-8-10-12-14-16-18-20(21)22-3;1-4-6-8-10-11-13-15-16(17(18)19-3)14-12-9-7-5-2;1-3-4-5-6-7-8-9-10-11-12-13-17(14,15)16-2;1-3-4-5-6-7-8-9-10-11-12-13(14)15-2/h35-36H,5-34H2,1-4H3;17-19H,6-16H2,1-5H3;19H,4-18H2,1-3H3;16H,4-15H2,1-3H3;3-13H2,1-2H3;3-12H2,1-2H3. The van der Waals surface area contributed by atoms with Crippen molar-refractivity contribution in [2.75, 3.05) is 61.6 Å². The van der Waals surface area contributed by atoms with Gasteiger partial charge in [-0.15, -0.1) is 0 Å². The number of hydrogen-bond donors (Lipinski definition) is 0. The molecule has 18 heteroatoms. The highest BCUT2D eigenvalue weighted by Gasteiger charge is 2.24. The highest BCUT2D eigenvalue weighted by Crippen LogP contribution is 2.35. The van der Waals surface area contributed by atoms with Crippen LogP contribution in [0.3, 0.4) is 0 Å². The van der Waals surface area contributed by atoms with Crippen LogP contribution in [0.1, 0.15) is 642 Å². The minimum atomic E-state index is -3.23. The number of carbonyl (C=O) groups excluding carboxylic acids is 7. The summed E-state index contributed by atoms with van der Waals surface area (Å²) >= 11 is 0. The molecule has 0 spiro atoms. The van der Waals surface area contributed by atoms with Crippen molar-refractivity contribution in [3.63, 3.8) is 0 Å². The van der Waals surface area contributed by atoms with Gasteiger partial charge >= 0.3 is 41.8 Å². The minimum Gasteiger partial charge on any atom is -0.469 e. The number of unbranched alkanes of at least 4 members (excludes halogenated alkanes) is 58. The maximum atomic E-state index is 12.1. The summed E-state index contributed by atoms with van der Waals surface area (Å²) in [7, 11) is 5.41. The first-order valence-electron chi connectivity index (χ1n) is 60.4. The second-order valence-corrected chi connectivity index (χ2v) is 43.5. The Bertz CT molecular complexity index is 2590. The Morgan fingerprint density at radius 2 is 0.450 bits per heavy atom. The lowest BCUT2D eigenvalue weighted by Gasteiger charge is -2.28. The van der Waals surface area contributed by atoms with Gasteiger partial charge in [-0.1, -0.05) is 552 Å². The Morgan fingerprint density at radius 3 is 0.693 bits per heavy atom. The molecule has 7 unspecified atom stereocenters. The largest absolute Gasteiger partial charge is 0.469 e. The number of rotatable bonds is 99. The van der Waals surface area contributed by atoms with E-state index in [1.54, 1.807) is 6.92 Å². The third kappa shape index (κ3) is 118. The van der Waals surface area contributed by atoms with Crippen molar-refractivity contribution in [1.82, 2.24) is 0 Å². The van der Waals surface area contributed by atoms with E-state index in [-0.39, 0.29) is 59.9 Å². The molecular formula is C122H242O17S. The van der Waals surface area contributed by atoms with E-state index in [0.29, 0.717) is 50.7 Å². The van der Waals surface area contributed by atoms with E-state index in [4.69, 9.17) is 23.7 Å². The van der Waals surface area contributed by atoms with Gasteiger partial charge < -0.3 is 33.2 Å². The molecule has 0 aromatic heterocycles. The zero-order chi connectivity index (χ0) is 105. The molecule has 0 aliphatic carbocycles. The first-order chi connectivity index (χ1) is 67.9. The van der Waals surface area contributed by atoms with Gasteiger partial charge in [0.2, 0.25) is 0 Å². The SMILES string of the molecule is CCC(C)CCCCCCCCCCCCCCC(=O)OC.CCCCC(CC)COC(=O)CC(C)C(=O)OCC(CC)CCCC.CCCCCCCCC(CCCCCC)C(=O)OC.CCCCCCCCCC(CCCCCCCC(=O)OC)C(CCCCCCCCC)CCCCCCCC(=O)OC.CCCCCCCCCCCC(=O)OC.CCCCCCCCCCCCS(=O)(=O)OC. The van der Waals surface area contributed by atoms with E-state index in [0.717, 1.165) is 140 Å². The normalized spacial score (nSPS) is 12.6. The van der Waals surface area contributed by atoms with E-state index in [9.17, 15) is 42.0 Å². The maximum Gasteiger partial charge on any atom is 0.309 e. The predicted molar refractivity (Wildman–Crippen MR) is 598 cm³/mol. The van der Waals surface area contributed by atoms with E-state index in [1.165, 1.54) is 441 Å². The summed E-state index contributed by atoms with van der Waals surface area (Å²) in [5.74, 6) is 2.57. The van der Waals surface area contributed by atoms with Crippen LogP contribution in [0.2, 0.25) is 0 Å². The smallest absolute Gasteiger partial charge is 0.309 e. The summed E-state index contributed by atoms with van der Waals surface area (Å²) in [5.41, 5.74) is 0. The molecule has 0 radical (unpaired) electrons. The van der Waals surface area contributed by atoms with Crippen LogP contribution < -0.4 is 0 Å². The lowest BCUT2D eigenvalue weighted by atomic mass is 9.78. The van der Waals surface area contributed by atoms with Gasteiger partial charge in [0.15, 0.2) is 0 Å². The van der Waals surface area contributed by atoms with Gasteiger partial charge in [0.05, 0.1) is 79.9 Å². The Labute approximate surface area is 871 Å². The number of methoxy groups -OCH3 is 5. The fraction of sp³-hybridized carbons (Fsp3) is 0.943. The van der Waals surface area contributed by atoms with Gasteiger partial charge in [0.1, 0.15) is 0 Å². The van der Waals surface area contributed by atoms with Crippen molar-refractivity contribution in [2.45, 2.75) is 642 Å². The van der Waals surface area contributed by atoms with Crippen molar-refractivity contribution in [1.29, 1.82) is 0 Å². The Hall–Kier alpha value is -3.80. The van der Waals surface area contributed by atoms with E-state index in [2.05, 4.69) is 96.7 Å². The van der Waals surface area contributed by atoms with Gasteiger partial charge in [0, 0.05) is 25.7 Å². The summed E-state index contributed by atoms with van der Waals surface area (Å²) < 4.78 is 60.9. The lowest BCUT2D eigenvalue weighted by molar-refractivity contribution is -0.156. The van der Waals surface area contributed by atoms with Crippen LogP contribution in [0.15, 0.2) is 0 Å². The molecular weight excluding hydrogens is 1770 g/mol. The van der Waals surface area contributed by atoms with Crippen LogP contribution in [0.4, 0.5) is 0 Å². The van der Waals surface area contributed by atoms with Gasteiger partial charge in [0.25, 0.3) is 10.1 Å². The van der Waals surface area contributed by atoms with Crippen LogP contribution in [0.25, 0.3) is 0 Å². The van der Waals surface area contributed by atoms with Crippen molar-refractivity contribution in [3.8, 4) is 0 Å². The number of carbonyl (C=O) groups is 7. The molecule has 0 aromatic carbocycles. The van der Waals surface area contributed by atoms with Gasteiger partial charge in [-0.2, -0.15) is 8.42 Å². The molecule has 838 valence electrons. The first-order valence-corrected chi connectivity index (χ1v) is 62.0. The molecule has 0 aromatic rings. The van der Waals surface area contributed by atoms with Crippen LogP contribution >= 0.6 is 0 Å². The Morgan fingerprint density at radius 1 is 0.221 bits per heavy atom. The molecule has 0 amide bonds. The monoisotopic (exact) mass is 2010 g/mol. The fourth-order valence-corrected chi connectivity index (χ4v) is 18.9. The van der Waals surface area contributed by atoms with E-state index < -0.39 is 16.0 Å². The molecule has 140 heavy (non-hydrogen) atoms. The average Bonchev–Trinajstić information content (AvgIpc) is 0.923. The quantitative estimate of drug-likeness (QED) is 0.0239. The zero-order valence-electron chi connectivity index (χ0n) is 96.8. The van der Waals surface area contributed by atoms with Gasteiger partial charge in [-0.05, 0) is 87.4 Å². The van der Waals surface area contributed by atoms with E-state index >= 15 is 0 Å². The zero-order valence-corrected chi connectivity index (χ0v) is 97.6. The highest BCUT2D eigenvalue weighted by molar-refractivity contribution is 7.86. The summed E-state index contributed by atoms with van der Waals surface area (Å²) in [6.07, 6.45) is 106. The number of esters is 7. The first kappa shape index (κ1) is 147. The molecule has 0 N–H and O–H groups in total. The van der Waals surface area contributed by atoms with Crippen LogP contribution in [-0.4, -0.2) is 112 Å². The summed E-state index contributed by atoms with van der Waals surface area (Å²) in [4.78, 5) is 80.3. The Balaban J connectivity index is -0.000000401.